The Morgan fingerprint density at radius 1 is 1.00 bits per heavy atom. The average molecular weight is 452 g/mol. The van der Waals surface area contributed by atoms with Gasteiger partial charge in [-0.2, -0.15) is 4.58 Å². The molecule has 0 radical (unpaired) electrons. The van der Waals surface area contributed by atoms with Crippen LogP contribution in [0.15, 0.2) is 53.0 Å². The molecule has 0 aromatic heterocycles. The predicted molar refractivity (Wildman–Crippen MR) is 129 cm³/mol. The molecule has 2 aromatic carbocycles. The van der Waals surface area contributed by atoms with Crippen LogP contribution in [0.4, 0.5) is 11.4 Å². The summed E-state index contributed by atoms with van der Waals surface area (Å²) in [7, 11) is 2.24. The topological polar surface area (TPSA) is 6.25 Å². The van der Waals surface area contributed by atoms with Gasteiger partial charge in [0.05, 0.1) is 5.41 Å². The minimum absolute atomic E-state index is 0.188. The van der Waals surface area contributed by atoms with E-state index in [9.17, 15) is 0 Å². The first-order chi connectivity index (χ1) is 14.1. The number of anilines is 1. The summed E-state index contributed by atoms with van der Waals surface area (Å²) in [5.74, 6) is 0. The van der Waals surface area contributed by atoms with E-state index in [0.717, 1.165) is 17.6 Å². The van der Waals surface area contributed by atoms with Crippen molar-refractivity contribution in [1.29, 1.82) is 0 Å². The number of fused-ring (bicyclic) bond motifs is 2. The maximum atomic E-state index is 3.81. The highest BCUT2D eigenvalue weighted by Gasteiger charge is 2.50. The maximum absolute atomic E-state index is 3.81. The zero-order valence-electron chi connectivity index (χ0n) is 17.9. The summed E-state index contributed by atoms with van der Waals surface area (Å²) < 4.78 is 3.59. The fourth-order valence-electron chi connectivity index (χ4n) is 5.32. The van der Waals surface area contributed by atoms with Gasteiger partial charge in [0, 0.05) is 41.0 Å². The maximum Gasteiger partial charge on any atom is 0.209 e. The number of halogens is 1. The summed E-state index contributed by atoms with van der Waals surface area (Å²) >= 11 is 3.81. The van der Waals surface area contributed by atoms with Crippen molar-refractivity contribution in [3.8, 4) is 0 Å². The number of hydrogen-bond donors (Lipinski definition) is 0. The van der Waals surface area contributed by atoms with Crippen LogP contribution in [-0.4, -0.2) is 30.4 Å². The van der Waals surface area contributed by atoms with Crippen LogP contribution in [-0.2, 0) is 5.41 Å². The van der Waals surface area contributed by atoms with E-state index in [-0.39, 0.29) is 5.41 Å². The van der Waals surface area contributed by atoms with E-state index < -0.39 is 0 Å². The van der Waals surface area contributed by atoms with E-state index in [1.807, 2.05) is 0 Å². The van der Waals surface area contributed by atoms with E-state index in [2.05, 4.69) is 101 Å². The molecule has 1 fully saturated rings. The van der Waals surface area contributed by atoms with Crippen molar-refractivity contribution in [1.82, 2.24) is 0 Å². The fraction of sp³-hybridized carbons (Fsp3) is 0.423. The van der Waals surface area contributed by atoms with E-state index >= 15 is 0 Å². The lowest BCUT2D eigenvalue weighted by atomic mass is 9.67. The van der Waals surface area contributed by atoms with Gasteiger partial charge in [-0.15, -0.1) is 0 Å². The Morgan fingerprint density at radius 3 is 2.41 bits per heavy atom. The van der Waals surface area contributed by atoms with Gasteiger partial charge in [-0.3, -0.25) is 0 Å². The van der Waals surface area contributed by atoms with Crippen LogP contribution in [0.5, 0.6) is 0 Å². The van der Waals surface area contributed by atoms with Gasteiger partial charge < -0.3 is 4.90 Å². The van der Waals surface area contributed by atoms with Crippen LogP contribution in [0.1, 0.15) is 57.1 Å². The molecule has 1 heterocycles. The van der Waals surface area contributed by atoms with Crippen LogP contribution < -0.4 is 4.90 Å². The molecule has 0 unspecified atom stereocenters. The lowest BCUT2D eigenvalue weighted by molar-refractivity contribution is -0.401. The lowest BCUT2D eigenvalue weighted by Gasteiger charge is -2.31. The van der Waals surface area contributed by atoms with Gasteiger partial charge in [0.25, 0.3) is 0 Å². The van der Waals surface area contributed by atoms with Crippen molar-refractivity contribution in [2.45, 2.75) is 51.4 Å². The van der Waals surface area contributed by atoms with Crippen molar-refractivity contribution in [3.63, 3.8) is 0 Å². The molecule has 1 saturated carbocycles. The summed E-state index contributed by atoms with van der Waals surface area (Å²) in [4.78, 5) is 2.38. The Labute approximate surface area is 184 Å². The van der Waals surface area contributed by atoms with Crippen LogP contribution >= 0.6 is 15.9 Å². The monoisotopic (exact) mass is 451 g/mol. The van der Waals surface area contributed by atoms with E-state index in [4.69, 9.17) is 0 Å². The number of para-hydroxylation sites is 1. The SMILES string of the molecule is CCN(CC)c1ccc(/C=C/C2=[N+](C)c3ccccc3C23CCCCC3)c(Br)c1. The molecule has 0 saturated heterocycles. The van der Waals surface area contributed by atoms with E-state index in [0.29, 0.717) is 0 Å². The number of hydrogen-bond acceptors (Lipinski definition) is 1. The fourth-order valence-corrected chi connectivity index (χ4v) is 5.82. The van der Waals surface area contributed by atoms with Crippen LogP contribution in [0, 0.1) is 0 Å². The number of benzene rings is 2. The molecular formula is C26H32BrN2+. The molecular weight excluding hydrogens is 420 g/mol. The van der Waals surface area contributed by atoms with Gasteiger partial charge in [-0.05, 0) is 50.5 Å². The molecule has 1 aliphatic heterocycles. The second-order valence-electron chi connectivity index (χ2n) is 8.32. The molecule has 0 bridgehead atoms. The highest BCUT2D eigenvalue weighted by atomic mass is 79.9. The van der Waals surface area contributed by atoms with Gasteiger partial charge in [0.15, 0.2) is 5.71 Å². The van der Waals surface area contributed by atoms with Gasteiger partial charge in [0.2, 0.25) is 5.69 Å². The second kappa shape index (κ2) is 8.47. The number of rotatable bonds is 5. The van der Waals surface area contributed by atoms with Crippen molar-refractivity contribution < 1.29 is 4.58 Å². The van der Waals surface area contributed by atoms with E-state index in [1.54, 1.807) is 0 Å². The van der Waals surface area contributed by atoms with Crippen molar-refractivity contribution in [2.24, 2.45) is 0 Å². The number of nitrogens with zero attached hydrogens (tertiary/aromatic N) is 2. The molecule has 0 N–H and O–H groups in total. The standard InChI is InChI=1S/C26H32BrN2/c1-4-29(5-2)21-15-13-20(23(27)19-21)14-16-25-26(17-9-6-10-18-26)22-11-7-8-12-24(22)28(25)3/h7-8,11-16,19H,4-6,9-10,17-18H2,1-3H3/q+1. The summed E-state index contributed by atoms with van der Waals surface area (Å²) in [5.41, 5.74) is 7.07. The van der Waals surface area contributed by atoms with Gasteiger partial charge >= 0.3 is 0 Å². The molecule has 152 valence electrons. The van der Waals surface area contributed by atoms with Gasteiger partial charge in [-0.1, -0.05) is 59.5 Å². The highest BCUT2D eigenvalue weighted by Crippen LogP contribution is 2.48. The quantitative estimate of drug-likeness (QED) is 0.446. The normalized spacial score (nSPS) is 17.9. The Hall–Kier alpha value is -1.87. The summed E-state index contributed by atoms with van der Waals surface area (Å²) in [6.07, 6.45) is 11.2. The van der Waals surface area contributed by atoms with Crippen LogP contribution in [0.25, 0.3) is 6.08 Å². The molecule has 2 aromatic rings. The lowest BCUT2D eigenvalue weighted by Crippen LogP contribution is -2.36. The zero-order chi connectivity index (χ0) is 20.4. The van der Waals surface area contributed by atoms with Crippen molar-refractivity contribution in [2.75, 3.05) is 25.0 Å². The minimum Gasteiger partial charge on any atom is -0.372 e. The molecule has 0 amide bonds. The van der Waals surface area contributed by atoms with Gasteiger partial charge in [0.1, 0.15) is 7.05 Å². The Kier molecular flexibility index (Phi) is 5.96. The molecule has 2 aliphatic rings. The third-order valence-electron chi connectivity index (χ3n) is 6.87. The Bertz CT molecular complexity index is 947. The first kappa shape index (κ1) is 20.4. The minimum atomic E-state index is 0.188. The third-order valence-corrected chi connectivity index (χ3v) is 7.56. The third kappa shape index (κ3) is 3.59. The van der Waals surface area contributed by atoms with Crippen molar-refractivity contribution >= 4 is 39.1 Å². The molecule has 1 aliphatic carbocycles. The molecule has 2 nitrogen and oxygen atoms in total. The van der Waals surface area contributed by atoms with Gasteiger partial charge in [-0.25, -0.2) is 0 Å². The summed E-state index contributed by atoms with van der Waals surface area (Å²) in [5, 5.41) is 0. The highest BCUT2D eigenvalue weighted by molar-refractivity contribution is 9.10. The molecule has 29 heavy (non-hydrogen) atoms. The summed E-state index contributed by atoms with van der Waals surface area (Å²) in [6.45, 7) is 6.47. The zero-order valence-corrected chi connectivity index (χ0v) is 19.5. The summed E-state index contributed by atoms with van der Waals surface area (Å²) in [6, 6.07) is 15.7. The first-order valence-corrected chi connectivity index (χ1v) is 11.8. The Balaban J connectivity index is 1.70. The predicted octanol–water partition coefficient (Wildman–Crippen LogP) is 6.94. The molecule has 3 heteroatoms. The van der Waals surface area contributed by atoms with Crippen LogP contribution in [0.3, 0.4) is 0 Å². The first-order valence-electron chi connectivity index (χ1n) is 11.0. The molecule has 1 spiro atoms. The Morgan fingerprint density at radius 2 is 1.72 bits per heavy atom. The average Bonchev–Trinajstić information content (AvgIpc) is 2.97. The smallest absolute Gasteiger partial charge is 0.209 e. The van der Waals surface area contributed by atoms with Crippen molar-refractivity contribution in [3.05, 3.63) is 64.1 Å². The molecule has 0 atom stereocenters. The number of allylic oxidation sites excluding steroid dienone is 1. The van der Waals surface area contributed by atoms with E-state index in [1.165, 1.54) is 60.3 Å². The van der Waals surface area contributed by atoms with Crippen LogP contribution in [0.2, 0.25) is 0 Å². The molecule has 4 rings (SSSR count). The second-order valence-corrected chi connectivity index (χ2v) is 9.17. The largest absolute Gasteiger partial charge is 0.372 e.